The molecule has 0 saturated carbocycles. The second kappa shape index (κ2) is 11.5. The van der Waals surface area contributed by atoms with E-state index in [2.05, 4.69) is 20.8 Å². The van der Waals surface area contributed by atoms with Crippen LogP contribution in [0.5, 0.6) is 5.75 Å². The zero-order valence-corrected chi connectivity index (χ0v) is 19.6. The van der Waals surface area contributed by atoms with Crippen LogP contribution in [0, 0.1) is 6.92 Å². The molecular weight excluding hydrogens is 442 g/mol. The molecule has 2 aromatic carbocycles. The molecule has 0 radical (unpaired) electrons. The number of amides is 2. The summed E-state index contributed by atoms with van der Waals surface area (Å²) in [5.74, 6) is 0.698. The highest BCUT2D eigenvalue weighted by atomic mass is 32.2. The van der Waals surface area contributed by atoms with Crippen LogP contribution >= 0.6 is 11.8 Å². The fraction of sp³-hybridized carbons (Fsp3) is 0.304. The molecule has 0 bridgehead atoms. The maximum atomic E-state index is 12.6. The van der Waals surface area contributed by atoms with Gasteiger partial charge < -0.3 is 25.0 Å². The number of rotatable bonds is 10. The predicted octanol–water partition coefficient (Wildman–Crippen LogP) is 2.81. The van der Waals surface area contributed by atoms with Crippen molar-refractivity contribution in [2.45, 2.75) is 31.6 Å². The van der Waals surface area contributed by atoms with Crippen LogP contribution in [0.4, 0.5) is 5.69 Å². The molecule has 1 atom stereocenters. The van der Waals surface area contributed by atoms with Crippen LogP contribution in [0.2, 0.25) is 0 Å². The van der Waals surface area contributed by atoms with E-state index in [4.69, 9.17) is 4.74 Å². The lowest BCUT2D eigenvalue weighted by Gasteiger charge is -2.17. The maximum Gasteiger partial charge on any atom is 0.251 e. The maximum absolute atomic E-state index is 12.6. The van der Waals surface area contributed by atoms with E-state index in [0.29, 0.717) is 28.8 Å². The Morgan fingerprint density at radius 3 is 2.52 bits per heavy atom. The van der Waals surface area contributed by atoms with Crippen molar-refractivity contribution in [3.63, 3.8) is 0 Å². The third-order valence-electron chi connectivity index (χ3n) is 4.96. The Balaban J connectivity index is 1.66. The number of aliphatic hydroxyl groups excluding tert-OH is 1. The van der Waals surface area contributed by atoms with E-state index >= 15 is 0 Å². The molecule has 0 unspecified atom stereocenters. The smallest absolute Gasteiger partial charge is 0.251 e. The summed E-state index contributed by atoms with van der Waals surface area (Å²) in [6.45, 7) is 4.00. The fourth-order valence-corrected chi connectivity index (χ4v) is 3.98. The third kappa shape index (κ3) is 6.11. The van der Waals surface area contributed by atoms with Gasteiger partial charge in [-0.3, -0.25) is 9.59 Å². The summed E-state index contributed by atoms with van der Waals surface area (Å²) < 4.78 is 6.89. The van der Waals surface area contributed by atoms with Gasteiger partial charge in [-0.1, -0.05) is 30.0 Å². The molecule has 0 fully saturated rings. The molecule has 9 nitrogen and oxygen atoms in total. The van der Waals surface area contributed by atoms with Gasteiger partial charge >= 0.3 is 0 Å². The van der Waals surface area contributed by atoms with Gasteiger partial charge in [-0.05, 0) is 49.7 Å². The van der Waals surface area contributed by atoms with E-state index in [9.17, 15) is 14.7 Å². The Bertz CT molecular complexity index is 1100. The number of aryl methyl sites for hydroxylation is 1. The van der Waals surface area contributed by atoms with E-state index in [1.165, 1.54) is 11.8 Å². The molecule has 10 heteroatoms. The summed E-state index contributed by atoms with van der Waals surface area (Å²) in [5.41, 5.74) is 2.18. The largest absolute Gasteiger partial charge is 0.497 e. The highest BCUT2D eigenvalue weighted by Crippen LogP contribution is 2.22. The first kappa shape index (κ1) is 24.3. The highest BCUT2D eigenvalue weighted by Gasteiger charge is 2.23. The standard InChI is InChI=1S/C23H27N5O4S/c1-4-28-21(19(13-29)25-22(31)16-9-11-17(32-3)12-10-16)26-27-23(28)33-14-20(30)24-18-8-6-5-7-15(18)2/h5-12,19,29H,4,13-14H2,1-3H3,(H,24,30)(H,25,31)/t19-/m1/s1. The number of thioether (sulfide) groups is 1. The van der Waals surface area contributed by atoms with Crippen molar-refractivity contribution in [3.05, 3.63) is 65.5 Å². The lowest BCUT2D eigenvalue weighted by Crippen LogP contribution is -2.32. The number of ether oxygens (including phenoxy) is 1. The van der Waals surface area contributed by atoms with E-state index in [1.54, 1.807) is 35.9 Å². The van der Waals surface area contributed by atoms with Crippen LogP contribution in [0.3, 0.4) is 0 Å². The number of methoxy groups -OCH3 is 1. The first-order chi connectivity index (χ1) is 16.0. The van der Waals surface area contributed by atoms with Gasteiger partial charge in [0.1, 0.15) is 11.8 Å². The van der Waals surface area contributed by atoms with Crippen molar-refractivity contribution in [2.24, 2.45) is 0 Å². The third-order valence-corrected chi connectivity index (χ3v) is 5.93. The van der Waals surface area contributed by atoms with Crippen molar-refractivity contribution >= 4 is 29.3 Å². The predicted molar refractivity (Wildman–Crippen MR) is 127 cm³/mol. The van der Waals surface area contributed by atoms with Gasteiger partial charge in [0.05, 0.1) is 19.5 Å². The lowest BCUT2D eigenvalue weighted by atomic mass is 10.2. The monoisotopic (exact) mass is 469 g/mol. The Kier molecular flexibility index (Phi) is 8.45. The topological polar surface area (TPSA) is 118 Å². The van der Waals surface area contributed by atoms with Crippen molar-refractivity contribution in [1.29, 1.82) is 0 Å². The molecule has 3 N–H and O–H groups in total. The molecule has 33 heavy (non-hydrogen) atoms. The Morgan fingerprint density at radius 1 is 1.15 bits per heavy atom. The summed E-state index contributed by atoms with van der Waals surface area (Å²) >= 11 is 1.24. The number of nitrogens with one attached hydrogen (secondary N) is 2. The molecule has 0 aliphatic rings. The molecule has 1 aromatic heterocycles. The number of aromatic nitrogens is 3. The van der Waals surface area contributed by atoms with Crippen LogP contribution in [-0.4, -0.2) is 51.2 Å². The van der Waals surface area contributed by atoms with Gasteiger partial charge in [0.15, 0.2) is 11.0 Å². The van der Waals surface area contributed by atoms with Gasteiger partial charge in [0.25, 0.3) is 5.91 Å². The molecule has 0 aliphatic heterocycles. The summed E-state index contributed by atoms with van der Waals surface area (Å²) in [5, 5.41) is 24.5. The molecular formula is C23H27N5O4S. The van der Waals surface area contributed by atoms with Crippen LogP contribution in [0.1, 0.15) is 34.7 Å². The van der Waals surface area contributed by atoms with Crippen molar-refractivity contribution in [1.82, 2.24) is 20.1 Å². The Labute approximate surface area is 196 Å². The van der Waals surface area contributed by atoms with Crippen molar-refractivity contribution in [2.75, 3.05) is 24.8 Å². The van der Waals surface area contributed by atoms with E-state index < -0.39 is 6.04 Å². The van der Waals surface area contributed by atoms with Gasteiger partial charge in [-0.2, -0.15) is 0 Å². The van der Waals surface area contributed by atoms with Crippen LogP contribution < -0.4 is 15.4 Å². The number of hydrogen-bond donors (Lipinski definition) is 3. The van der Waals surface area contributed by atoms with Crippen molar-refractivity contribution in [3.8, 4) is 5.75 Å². The number of para-hydroxylation sites is 1. The molecule has 3 rings (SSSR count). The number of aliphatic hydroxyl groups is 1. The van der Waals surface area contributed by atoms with Crippen LogP contribution in [0.25, 0.3) is 0 Å². The molecule has 174 valence electrons. The average molecular weight is 470 g/mol. The zero-order valence-electron chi connectivity index (χ0n) is 18.7. The number of carbonyl (C=O) groups is 2. The lowest BCUT2D eigenvalue weighted by molar-refractivity contribution is -0.113. The molecule has 0 spiro atoms. The first-order valence-electron chi connectivity index (χ1n) is 10.4. The Hall–Kier alpha value is -3.37. The minimum Gasteiger partial charge on any atom is -0.497 e. The molecule has 0 saturated heterocycles. The van der Waals surface area contributed by atoms with Crippen LogP contribution in [0.15, 0.2) is 53.7 Å². The minimum absolute atomic E-state index is 0.147. The number of benzene rings is 2. The highest BCUT2D eigenvalue weighted by molar-refractivity contribution is 7.99. The molecule has 0 aliphatic carbocycles. The Morgan fingerprint density at radius 2 is 1.88 bits per heavy atom. The quantitative estimate of drug-likeness (QED) is 0.391. The number of nitrogens with zero attached hydrogens (tertiary/aromatic N) is 3. The van der Waals surface area contributed by atoms with Crippen LogP contribution in [-0.2, 0) is 11.3 Å². The summed E-state index contributed by atoms with van der Waals surface area (Å²) in [7, 11) is 1.55. The summed E-state index contributed by atoms with van der Waals surface area (Å²) in [6.07, 6.45) is 0. The number of carbonyl (C=O) groups excluding carboxylic acids is 2. The van der Waals surface area contributed by atoms with Crippen molar-refractivity contribution < 1.29 is 19.4 Å². The first-order valence-corrected chi connectivity index (χ1v) is 11.4. The fourth-order valence-electron chi connectivity index (χ4n) is 3.17. The van der Waals surface area contributed by atoms with E-state index in [-0.39, 0.29) is 24.2 Å². The second-order valence-corrected chi connectivity index (χ2v) is 8.12. The molecule has 3 aromatic rings. The summed E-state index contributed by atoms with van der Waals surface area (Å²) in [4.78, 5) is 25.0. The second-order valence-electron chi connectivity index (χ2n) is 7.17. The van der Waals surface area contributed by atoms with Gasteiger partial charge in [0, 0.05) is 17.8 Å². The zero-order chi connectivity index (χ0) is 23.8. The molecule has 1 heterocycles. The van der Waals surface area contributed by atoms with Gasteiger partial charge in [-0.15, -0.1) is 10.2 Å². The normalized spacial score (nSPS) is 11.6. The van der Waals surface area contributed by atoms with Gasteiger partial charge in [-0.25, -0.2) is 0 Å². The average Bonchev–Trinajstić information content (AvgIpc) is 3.25. The summed E-state index contributed by atoms with van der Waals surface area (Å²) in [6, 6.07) is 13.5. The number of anilines is 1. The SMILES string of the molecule is CCn1c(SCC(=O)Nc2ccccc2C)nnc1[C@@H](CO)NC(=O)c1ccc(OC)cc1. The molecule has 2 amide bonds. The van der Waals surface area contributed by atoms with E-state index in [1.807, 2.05) is 38.1 Å². The minimum atomic E-state index is -0.748. The van der Waals surface area contributed by atoms with Gasteiger partial charge in [0.2, 0.25) is 5.91 Å². The van der Waals surface area contributed by atoms with E-state index in [0.717, 1.165) is 11.3 Å². The number of hydrogen-bond acceptors (Lipinski definition) is 7.